The maximum Gasteiger partial charge on any atom is 0.416 e. The van der Waals surface area contributed by atoms with Crippen molar-refractivity contribution < 1.29 is 17.9 Å². The standard InChI is InChI=1S/C16H16F3NO/c1-21-11-13-4-2-3-5-15(13)20-10-12-6-8-14(9-7-12)16(17,18)19/h2-9,20H,10-11H2,1H3. The van der Waals surface area contributed by atoms with Crippen molar-refractivity contribution >= 4 is 5.69 Å². The second kappa shape index (κ2) is 6.63. The van der Waals surface area contributed by atoms with Crippen molar-refractivity contribution in [1.82, 2.24) is 0 Å². The van der Waals surface area contributed by atoms with Gasteiger partial charge in [-0.2, -0.15) is 13.2 Å². The van der Waals surface area contributed by atoms with Crippen molar-refractivity contribution in [2.24, 2.45) is 0 Å². The first kappa shape index (κ1) is 15.4. The monoisotopic (exact) mass is 295 g/mol. The molecule has 0 spiro atoms. The third-order valence-corrected chi connectivity index (χ3v) is 3.08. The van der Waals surface area contributed by atoms with E-state index in [1.54, 1.807) is 7.11 Å². The molecule has 0 heterocycles. The van der Waals surface area contributed by atoms with Gasteiger partial charge in [-0.15, -0.1) is 0 Å². The molecule has 0 aliphatic rings. The fourth-order valence-electron chi connectivity index (χ4n) is 1.98. The largest absolute Gasteiger partial charge is 0.416 e. The van der Waals surface area contributed by atoms with Gasteiger partial charge < -0.3 is 10.1 Å². The Labute approximate surface area is 121 Å². The Balaban J connectivity index is 2.03. The summed E-state index contributed by atoms with van der Waals surface area (Å²) in [6, 6.07) is 12.8. The van der Waals surface area contributed by atoms with E-state index in [4.69, 9.17) is 4.74 Å². The number of ether oxygens (including phenoxy) is 1. The maximum absolute atomic E-state index is 12.5. The lowest BCUT2D eigenvalue weighted by Gasteiger charge is -2.12. The van der Waals surface area contributed by atoms with Gasteiger partial charge in [-0.3, -0.25) is 0 Å². The minimum atomic E-state index is -4.29. The molecule has 2 rings (SSSR count). The zero-order valence-electron chi connectivity index (χ0n) is 11.6. The molecule has 2 nitrogen and oxygen atoms in total. The van der Waals surface area contributed by atoms with Crippen LogP contribution in [0.3, 0.4) is 0 Å². The van der Waals surface area contributed by atoms with Gasteiger partial charge in [-0.05, 0) is 23.8 Å². The Kier molecular flexibility index (Phi) is 4.85. The number of nitrogens with one attached hydrogen (secondary N) is 1. The summed E-state index contributed by atoms with van der Waals surface area (Å²) < 4.78 is 42.5. The molecule has 5 heteroatoms. The fraction of sp³-hybridized carbons (Fsp3) is 0.250. The predicted molar refractivity (Wildman–Crippen MR) is 75.9 cm³/mol. The van der Waals surface area contributed by atoms with Crippen LogP contribution in [0.4, 0.5) is 18.9 Å². The molecule has 2 aromatic rings. The minimum Gasteiger partial charge on any atom is -0.381 e. The molecule has 21 heavy (non-hydrogen) atoms. The van der Waals surface area contributed by atoms with Crippen LogP contribution >= 0.6 is 0 Å². The number of hydrogen-bond donors (Lipinski definition) is 1. The van der Waals surface area contributed by atoms with Crippen molar-refractivity contribution in [2.75, 3.05) is 12.4 Å². The van der Waals surface area contributed by atoms with Crippen molar-refractivity contribution in [2.45, 2.75) is 19.3 Å². The van der Waals surface area contributed by atoms with E-state index >= 15 is 0 Å². The first-order valence-corrected chi connectivity index (χ1v) is 6.47. The van der Waals surface area contributed by atoms with Crippen LogP contribution in [-0.4, -0.2) is 7.11 Å². The van der Waals surface area contributed by atoms with Gasteiger partial charge in [0, 0.05) is 24.9 Å². The number of para-hydroxylation sites is 1. The summed E-state index contributed by atoms with van der Waals surface area (Å²) in [7, 11) is 1.62. The maximum atomic E-state index is 12.5. The number of methoxy groups -OCH3 is 1. The molecule has 0 amide bonds. The minimum absolute atomic E-state index is 0.457. The molecule has 0 saturated carbocycles. The SMILES string of the molecule is COCc1ccccc1NCc1ccc(C(F)(F)F)cc1. The second-order valence-corrected chi connectivity index (χ2v) is 4.64. The number of benzene rings is 2. The molecule has 0 atom stereocenters. The van der Waals surface area contributed by atoms with E-state index in [-0.39, 0.29) is 0 Å². The smallest absolute Gasteiger partial charge is 0.381 e. The van der Waals surface area contributed by atoms with Gasteiger partial charge in [0.25, 0.3) is 0 Å². The van der Waals surface area contributed by atoms with Gasteiger partial charge in [-0.25, -0.2) is 0 Å². The van der Waals surface area contributed by atoms with E-state index in [9.17, 15) is 13.2 Å². The summed E-state index contributed by atoms with van der Waals surface area (Å²) in [5.74, 6) is 0. The molecule has 0 aliphatic heterocycles. The number of anilines is 1. The number of hydrogen-bond acceptors (Lipinski definition) is 2. The average molecular weight is 295 g/mol. The van der Waals surface area contributed by atoms with Crippen LogP contribution in [0.25, 0.3) is 0 Å². The highest BCUT2D eigenvalue weighted by Crippen LogP contribution is 2.29. The first-order valence-electron chi connectivity index (χ1n) is 6.47. The normalized spacial score (nSPS) is 11.4. The summed E-state index contributed by atoms with van der Waals surface area (Å²) >= 11 is 0. The zero-order chi connectivity index (χ0) is 15.3. The molecule has 0 aliphatic carbocycles. The van der Waals surface area contributed by atoms with Gasteiger partial charge in [-0.1, -0.05) is 30.3 Å². The number of alkyl halides is 3. The summed E-state index contributed by atoms with van der Waals surface area (Å²) in [6.45, 7) is 0.940. The molecule has 0 radical (unpaired) electrons. The van der Waals surface area contributed by atoms with Crippen LogP contribution in [0.2, 0.25) is 0 Å². The summed E-state index contributed by atoms with van der Waals surface area (Å²) in [6.07, 6.45) is -4.29. The molecular weight excluding hydrogens is 279 g/mol. The molecule has 112 valence electrons. The van der Waals surface area contributed by atoms with Gasteiger partial charge in [0.1, 0.15) is 0 Å². The van der Waals surface area contributed by atoms with E-state index in [1.807, 2.05) is 24.3 Å². The fourth-order valence-corrected chi connectivity index (χ4v) is 1.98. The van der Waals surface area contributed by atoms with E-state index in [1.165, 1.54) is 12.1 Å². The molecule has 0 saturated heterocycles. The molecule has 0 unspecified atom stereocenters. The van der Waals surface area contributed by atoms with Crippen molar-refractivity contribution in [3.05, 3.63) is 65.2 Å². The van der Waals surface area contributed by atoms with Gasteiger partial charge in [0.2, 0.25) is 0 Å². The average Bonchev–Trinajstić information content (AvgIpc) is 2.46. The highest BCUT2D eigenvalue weighted by Gasteiger charge is 2.29. The van der Waals surface area contributed by atoms with E-state index in [2.05, 4.69) is 5.32 Å². The third-order valence-electron chi connectivity index (χ3n) is 3.08. The van der Waals surface area contributed by atoms with Crippen molar-refractivity contribution in [3.8, 4) is 0 Å². The Morgan fingerprint density at radius 1 is 1.00 bits per heavy atom. The van der Waals surface area contributed by atoms with Crippen LogP contribution in [0.15, 0.2) is 48.5 Å². The van der Waals surface area contributed by atoms with Crippen LogP contribution in [0, 0.1) is 0 Å². The van der Waals surface area contributed by atoms with Crippen LogP contribution in [0.5, 0.6) is 0 Å². The van der Waals surface area contributed by atoms with E-state index in [0.29, 0.717) is 13.2 Å². The van der Waals surface area contributed by atoms with Crippen LogP contribution in [-0.2, 0) is 24.1 Å². The molecule has 0 bridgehead atoms. The Morgan fingerprint density at radius 3 is 2.29 bits per heavy atom. The number of halogens is 3. The summed E-state index contributed by atoms with van der Waals surface area (Å²) in [5.41, 5.74) is 2.08. The van der Waals surface area contributed by atoms with E-state index in [0.717, 1.165) is 28.9 Å². The van der Waals surface area contributed by atoms with Crippen LogP contribution < -0.4 is 5.32 Å². The Bertz CT molecular complexity index is 579. The summed E-state index contributed by atoms with van der Waals surface area (Å²) in [4.78, 5) is 0. The molecular formula is C16H16F3NO. The third kappa shape index (κ3) is 4.23. The zero-order valence-corrected chi connectivity index (χ0v) is 11.6. The lowest BCUT2D eigenvalue weighted by Crippen LogP contribution is -2.06. The molecule has 2 aromatic carbocycles. The van der Waals surface area contributed by atoms with Gasteiger partial charge >= 0.3 is 6.18 Å². The van der Waals surface area contributed by atoms with Gasteiger partial charge in [0.15, 0.2) is 0 Å². The Morgan fingerprint density at radius 2 is 1.67 bits per heavy atom. The number of rotatable bonds is 5. The molecule has 1 N–H and O–H groups in total. The Hall–Kier alpha value is -2.01. The highest BCUT2D eigenvalue weighted by atomic mass is 19.4. The van der Waals surface area contributed by atoms with E-state index < -0.39 is 11.7 Å². The van der Waals surface area contributed by atoms with Crippen molar-refractivity contribution in [1.29, 1.82) is 0 Å². The second-order valence-electron chi connectivity index (χ2n) is 4.64. The van der Waals surface area contributed by atoms with Crippen molar-refractivity contribution in [3.63, 3.8) is 0 Å². The summed E-state index contributed by atoms with van der Waals surface area (Å²) in [5, 5.41) is 3.21. The lowest BCUT2D eigenvalue weighted by atomic mass is 10.1. The van der Waals surface area contributed by atoms with Crippen LogP contribution in [0.1, 0.15) is 16.7 Å². The lowest BCUT2D eigenvalue weighted by molar-refractivity contribution is -0.137. The highest BCUT2D eigenvalue weighted by molar-refractivity contribution is 5.51. The quantitative estimate of drug-likeness (QED) is 0.879. The topological polar surface area (TPSA) is 21.3 Å². The first-order chi connectivity index (χ1) is 10.0. The molecule has 0 aromatic heterocycles. The molecule has 0 fully saturated rings. The van der Waals surface area contributed by atoms with Gasteiger partial charge in [0.05, 0.1) is 12.2 Å². The predicted octanol–water partition coefficient (Wildman–Crippen LogP) is 4.46.